The van der Waals surface area contributed by atoms with E-state index in [0.29, 0.717) is 12.1 Å². The van der Waals surface area contributed by atoms with Gasteiger partial charge in [0.05, 0.1) is 6.20 Å². The Morgan fingerprint density at radius 3 is 2.94 bits per heavy atom. The van der Waals surface area contributed by atoms with E-state index in [1.165, 1.54) is 0 Å². The molecule has 0 aliphatic carbocycles. The van der Waals surface area contributed by atoms with Gasteiger partial charge in [-0.1, -0.05) is 6.07 Å². The van der Waals surface area contributed by atoms with Crippen LogP contribution in [0.25, 0.3) is 0 Å². The lowest BCUT2D eigenvalue weighted by atomic mass is 10.2. The summed E-state index contributed by atoms with van der Waals surface area (Å²) in [6.45, 7) is 2.66. The van der Waals surface area contributed by atoms with Crippen LogP contribution in [0, 0.1) is 6.92 Å². The Morgan fingerprint density at radius 1 is 1.44 bits per heavy atom. The second-order valence-electron chi connectivity index (χ2n) is 4.03. The minimum Gasteiger partial charge on any atom is -0.381 e. The molecule has 2 aromatic rings. The van der Waals surface area contributed by atoms with Gasteiger partial charge in [0.1, 0.15) is 0 Å². The summed E-state index contributed by atoms with van der Waals surface area (Å²) in [6, 6.07) is 7.40. The smallest absolute Gasteiger partial charge is 0.251 e. The molecule has 1 amide bonds. The third-order valence-corrected chi connectivity index (χ3v) is 2.77. The Morgan fingerprint density at radius 2 is 2.28 bits per heavy atom. The maximum atomic E-state index is 11.5. The first-order chi connectivity index (χ1) is 8.70. The van der Waals surface area contributed by atoms with E-state index in [2.05, 4.69) is 20.8 Å². The van der Waals surface area contributed by atoms with Crippen molar-refractivity contribution in [3.8, 4) is 0 Å². The van der Waals surface area contributed by atoms with Crippen LogP contribution in [0.15, 0.2) is 30.5 Å². The van der Waals surface area contributed by atoms with Crippen molar-refractivity contribution in [3.63, 3.8) is 0 Å². The molecule has 94 valence electrons. The van der Waals surface area contributed by atoms with E-state index in [1.54, 1.807) is 19.3 Å². The van der Waals surface area contributed by atoms with Crippen LogP contribution in [0.4, 0.5) is 5.69 Å². The monoisotopic (exact) mass is 244 g/mol. The SMILES string of the molecule is CNC(=O)c1cccc(NCc2cn[nH]c2C)c1. The van der Waals surface area contributed by atoms with Crippen LogP contribution >= 0.6 is 0 Å². The summed E-state index contributed by atoms with van der Waals surface area (Å²) >= 11 is 0. The first-order valence-corrected chi connectivity index (χ1v) is 5.75. The summed E-state index contributed by atoms with van der Waals surface area (Å²) in [5.41, 5.74) is 3.72. The number of aromatic nitrogens is 2. The highest BCUT2D eigenvalue weighted by Gasteiger charge is 2.04. The van der Waals surface area contributed by atoms with Crippen molar-refractivity contribution in [1.82, 2.24) is 15.5 Å². The van der Waals surface area contributed by atoms with E-state index in [0.717, 1.165) is 16.9 Å². The summed E-state index contributed by atoms with van der Waals surface area (Å²) < 4.78 is 0. The molecule has 1 aromatic carbocycles. The van der Waals surface area contributed by atoms with E-state index in [4.69, 9.17) is 0 Å². The number of carbonyl (C=O) groups is 1. The van der Waals surface area contributed by atoms with Crippen molar-refractivity contribution in [2.75, 3.05) is 12.4 Å². The van der Waals surface area contributed by atoms with Crippen molar-refractivity contribution in [2.45, 2.75) is 13.5 Å². The van der Waals surface area contributed by atoms with Crippen molar-refractivity contribution in [3.05, 3.63) is 47.3 Å². The van der Waals surface area contributed by atoms with Crippen LogP contribution in [0.5, 0.6) is 0 Å². The van der Waals surface area contributed by atoms with Gasteiger partial charge in [-0.15, -0.1) is 0 Å². The van der Waals surface area contributed by atoms with Crippen molar-refractivity contribution in [2.24, 2.45) is 0 Å². The fraction of sp³-hybridized carbons (Fsp3) is 0.231. The van der Waals surface area contributed by atoms with Gasteiger partial charge in [0.25, 0.3) is 5.91 Å². The van der Waals surface area contributed by atoms with E-state index >= 15 is 0 Å². The lowest BCUT2D eigenvalue weighted by Gasteiger charge is -2.07. The van der Waals surface area contributed by atoms with Crippen LogP contribution in [0.3, 0.4) is 0 Å². The highest BCUT2D eigenvalue weighted by Crippen LogP contribution is 2.13. The molecular weight excluding hydrogens is 228 g/mol. The Bertz CT molecular complexity index is 547. The molecule has 0 saturated carbocycles. The molecule has 0 bridgehead atoms. The fourth-order valence-electron chi connectivity index (χ4n) is 1.67. The first-order valence-electron chi connectivity index (χ1n) is 5.75. The number of nitrogens with one attached hydrogen (secondary N) is 3. The summed E-state index contributed by atoms with van der Waals surface area (Å²) in [6.07, 6.45) is 1.80. The van der Waals surface area contributed by atoms with Gasteiger partial charge in [0, 0.05) is 36.1 Å². The van der Waals surface area contributed by atoms with E-state index in [1.807, 2.05) is 25.1 Å². The molecule has 0 fully saturated rings. The van der Waals surface area contributed by atoms with Gasteiger partial charge in [-0.3, -0.25) is 9.89 Å². The zero-order valence-corrected chi connectivity index (χ0v) is 10.4. The number of amides is 1. The molecule has 0 radical (unpaired) electrons. The number of rotatable bonds is 4. The van der Waals surface area contributed by atoms with Crippen molar-refractivity contribution in [1.29, 1.82) is 0 Å². The third-order valence-electron chi connectivity index (χ3n) is 2.77. The van der Waals surface area contributed by atoms with Crippen molar-refractivity contribution < 1.29 is 4.79 Å². The Balaban J connectivity index is 2.06. The zero-order valence-electron chi connectivity index (χ0n) is 10.4. The predicted molar refractivity (Wildman–Crippen MR) is 70.5 cm³/mol. The lowest BCUT2D eigenvalue weighted by Crippen LogP contribution is -2.17. The molecule has 0 aliphatic rings. The number of nitrogens with zero attached hydrogens (tertiary/aromatic N) is 1. The Labute approximate surface area is 106 Å². The van der Waals surface area contributed by atoms with Gasteiger partial charge < -0.3 is 10.6 Å². The normalized spacial score (nSPS) is 10.1. The van der Waals surface area contributed by atoms with Crippen molar-refractivity contribution >= 4 is 11.6 Å². The van der Waals surface area contributed by atoms with E-state index < -0.39 is 0 Å². The number of hydrogen-bond donors (Lipinski definition) is 3. The molecule has 18 heavy (non-hydrogen) atoms. The number of benzene rings is 1. The maximum absolute atomic E-state index is 11.5. The molecule has 0 spiro atoms. The van der Waals surface area contributed by atoms with Gasteiger partial charge >= 0.3 is 0 Å². The average Bonchev–Trinajstić information content (AvgIpc) is 2.81. The standard InChI is InChI=1S/C13H16N4O/c1-9-11(8-16-17-9)7-15-12-5-3-4-10(6-12)13(18)14-2/h3-6,8,15H,7H2,1-2H3,(H,14,18)(H,16,17). The highest BCUT2D eigenvalue weighted by molar-refractivity contribution is 5.94. The molecule has 1 aromatic heterocycles. The van der Waals surface area contributed by atoms with Gasteiger partial charge in [0.15, 0.2) is 0 Å². The molecular formula is C13H16N4O. The van der Waals surface area contributed by atoms with Gasteiger partial charge in [0.2, 0.25) is 0 Å². The minimum atomic E-state index is -0.0851. The number of aryl methyl sites for hydroxylation is 1. The third kappa shape index (κ3) is 2.68. The average molecular weight is 244 g/mol. The van der Waals surface area contributed by atoms with Gasteiger partial charge in [-0.25, -0.2) is 0 Å². The number of aromatic amines is 1. The molecule has 0 aliphatic heterocycles. The molecule has 3 N–H and O–H groups in total. The topological polar surface area (TPSA) is 69.8 Å². The maximum Gasteiger partial charge on any atom is 0.251 e. The fourth-order valence-corrected chi connectivity index (χ4v) is 1.67. The molecule has 0 atom stereocenters. The molecule has 2 rings (SSSR count). The summed E-state index contributed by atoms with van der Waals surface area (Å²) in [7, 11) is 1.62. The zero-order chi connectivity index (χ0) is 13.0. The van der Waals surface area contributed by atoms with Crippen LogP contribution in [0.2, 0.25) is 0 Å². The molecule has 1 heterocycles. The van der Waals surface area contributed by atoms with Crippen LogP contribution in [-0.2, 0) is 6.54 Å². The number of anilines is 1. The Kier molecular flexibility index (Phi) is 3.62. The quantitative estimate of drug-likeness (QED) is 0.766. The van der Waals surface area contributed by atoms with E-state index in [9.17, 15) is 4.79 Å². The van der Waals surface area contributed by atoms with Crippen LogP contribution in [0.1, 0.15) is 21.6 Å². The van der Waals surface area contributed by atoms with Gasteiger partial charge in [-0.05, 0) is 25.1 Å². The summed E-state index contributed by atoms with van der Waals surface area (Å²) in [4.78, 5) is 11.5. The van der Waals surface area contributed by atoms with E-state index in [-0.39, 0.29) is 5.91 Å². The lowest BCUT2D eigenvalue weighted by molar-refractivity contribution is 0.0963. The first kappa shape index (κ1) is 12.2. The highest BCUT2D eigenvalue weighted by atomic mass is 16.1. The minimum absolute atomic E-state index is 0.0851. The Hall–Kier alpha value is -2.30. The second kappa shape index (κ2) is 5.35. The number of hydrogen-bond acceptors (Lipinski definition) is 3. The number of H-pyrrole nitrogens is 1. The number of carbonyl (C=O) groups excluding carboxylic acids is 1. The molecule has 0 unspecified atom stereocenters. The largest absolute Gasteiger partial charge is 0.381 e. The van der Waals surface area contributed by atoms with Crippen LogP contribution in [-0.4, -0.2) is 23.2 Å². The second-order valence-corrected chi connectivity index (χ2v) is 4.03. The molecule has 0 saturated heterocycles. The molecule has 5 heteroatoms. The summed E-state index contributed by atoms with van der Waals surface area (Å²) in [5, 5.41) is 12.7. The predicted octanol–water partition coefficient (Wildman–Crippen LogP) is 1.69. The van der Waals surface area contributed by atoms with Gasteiger partial charge in [-0.2, -0.15) is 5.10 Å². The van der Waals surface area contributed by atoms with Crippen LogP contribution < -0.4 is 10.6 Å². The summed E-state index contributed by atoms with van der Waals surface area (Å²) in [5.74, 6) is -0.0851. The molecule has 5 nitrogen and oxygen atoms in total.